The fourth-order valence-electron chi connectivity index (χ4n) is 5.39. The van der Waals surface area contributed by atoms with E-state index < -0.39 is 28.8 Å². The number of urea groups is 1. The minimum Gasteiger partial charge on any atom is -0.495 e. The van der Waals surface area contributed by atoms with Crippen LogP contribution in [0.15, 0.2) is 42.6 Å². The van der Waals surface area contributed by atoms with Crippen LogP contribution >= 0.6 is 0 Å². The van der Waals surface area contributed by atoms with Crippen LogP contribution in [0.1, 0.15) is 77.9 Å². The van der Waals surface area contributed by atoms with Gasteiger partial charge in [-0.05, 0) is 85.0 Å². The molecule has 2 heterocycles. The predicted molar refractivity (Wildman–Crippen MR) is 165 cm³/mol. The second kappa shape index (κ2) is 13.5. The fourth-order valence-corrected chi connectivity index (χ4v) is 6.01. The van der Waals surface area contributed by atoms with Crippen LogP contribution in [-0.2, 0) is 23.6 Å². The smallest absolute Gasteiger partial charge is 0.323 e. The molecule has 3 N–H and O–H groups in total. The van der Waals surface area contributed by atoms with E-state index in [1.807, 2.05) is 26.0 Å². The number of amides is 3. The lowest BCUT2D eigenvalue weighted by molar-refractivity contribution is 0.0956. The molecular formula is C32H37FN4O5S. The number of anilines is 2. The van der Waals surface area contributed by atoms with Gasteiger partial charge >= 0.3 is 6.03 Å². The molecule has 0 spiro atoms. The number of fused-ring (bicyclic) bond motifs is 1. The van der Waals surface area contributed by atoms with Gasteiger partial charge in [0, 0.05) is 52.4 Å². The van der Waals surface area contributed by atoms with Crippen molar-refractivity contribution in [1.82, 2.24) is 10.3 Å². The quantitative estimate of drug-likeness (QED) is 0.250. The lowest BCUT2D eigenvalue weighted by Crippen LogP contribution is -2.28. The van der Waals surface area contributed by atoms with Crippen molar-refractivity contribution in [3.63, 3.8) is 0 Å². The second-order valence-electron chi connectivity index (χ2n) is 10.7. The molecule has 1 fully saturated rings. The highest BCUT2D eigenvalue weighted by molar-refractivity contribution is 7.84. The van der Waals surface area contributed by atoms with Gasteiger partial charge in [-0.3, -0.25) is 14.0 Å². The van der Waals surface area contributed by atoms with E-state index in [-0.39, 0.29) is 11.6 Å². The number of aryl methyl sites for hydroxylation is 1. The van der Waals surface area contributed by atoms with Crippen molar-refractivity contribution in [3.05, 3.63) is 76.4 Å². The third-order valence-electron chi connectivity index (χ3n) is 7.77. The van der Waals surface area contributed by atoms with Crippen molar-refractivity contribution in [1.29, 1.82) is 0 Å². The molecule has 5 rings (SSSR count). The van der Waals surface area contributed by atoms with Crippen molar-refractivity contribution in [3.8, 4) is 11.5 Å². The van der Waals surface area contributed by atoms with Crippen molar-refractivity contribution in [2.45, 2.75) is 58.0 Å². The van der Waals surface area contributed by atoms with Crippen LogP contribution in [0.5, 0.6) is 11.5 Å². The number of nitrogens with zero attached hydrogens (tertiary/aromatic N) is 1. The molecule has 0 bridgehead atoms. The van der Waals surface area contributed by atoms with Gasteiger partial charge < -0.3 is 25.4 Å². The van der Waals surface area contributed by atoms with Gasteiger partial charge in [-0.2, -0.15) is 0 Å². The molecule has 1 aromatic heterocycles. The SMILES string of the molecule is CCc1c(NC(=O)Nc2cc3c(cc2OC)CCC(c2ncccc2F)O3)cc(C(=O)NCCS(=O)CC)cc1C1CC1. The highest BCUT2D eigenvalue weighted by Gasteiger charge is 2.29. The van der Waals surface area contributed by atoms with E-state index in [4.69, 9.17) is 9.47 Å². The van der Waals surface area contributed by atoms with Crippen molar-refractivity contribution in [2.75, 3.05) is 35.8 Å². The van der Waals surface area contributed by atoms with Crippen LogP contribution in [0.3, 0.4) is 0 Å². The number of ether oxygens (including phenoxy) is 2. The van der Waals surface area contributed by atoms with Crippen molar-refractivity contribution in [2.24, 2.45) is 0 Å². The summed E-state index contributed by atoms with van der Waals surface area (Å²) in [7, 11) is 0.549. The van der Waals surface area contributed by atoms with Gasteiger partial charge in [0.15, 0.2) is 0 Å². The summed E-state index contributed by atoms with van der Waals surface area (Å²) in [5.74, 6) is 1.58. The molecule has 228 valence electrons. The van der Waals surface area contributed by atoms with Gasteiger partial charge in [-0.25, -0.2) is 9.18 Å². The number of rotatable bonds is 11. The normalized spacial score (nSPS) is 16.4. The number of nitrogens with one attached hydrogen (secondary N) is 3. The monoisotopic (exact) mass is 608 g/mol. The summed E-state index contributed by atoms with van der Waals surface area (Å²) in [6, 6.07) is 9.49. The Balaban J connectivity index is 1.36. The first kappa shape index (κ1) is 30.5. The van der Waals surface area contributed by atoms with E-state index in [2.05, 4.69) is 20.9 Å². The Labute approximate surface area is 253 Å². The molecule has 0 saturated heterocycles. The van der Waals surface area contributed by atoms with Crippen LogP contribution in [0.4, 0.5) is 20.6 Å². The van der Waals surface area contributed by atoms with Crippen molar-refractivity contribution < 1.29 is 27.7 Å². The fraction of sp³-hybridized carbons (Fsp3) is 0.406. The average Bonchev–Trinajstić information content (AvgIpc) is 3.86. The Morgan fingerprint density at radius 3 is 2.60 bits per heavy atom. The topological polar surface area (TPSA) is 119 Å². The molecule has 1 aliphatic heterocycles. The highest BCUT2D eigenvalue weighted by Crippen LogP contribution is 2.44. The van der Waals surface area contributed by atoms with Gasteiger partial charge in [0.2, 0.25) is 0 Å². The van der Waals surface area contributed by atoms with Gasteiger partial charge in [0.25, 0.3) is 5.91 Å². The second-order valence-corrected chi connectivity index (χ2v) is 12.5. The minimum atomic E-state index is -0.974. The Kier molecular flexibility index (Phi) is 9.59. The van der Waals surface area contributed by atoms with E-state index in [0.29, 0.717) is 71.7 Å². The summed E-state index contributed by atoms with van der Waals surface area (Å²) in [5.41, 5.74) is 4.59. The molecule has 3 amide bonds. The summed E-state index contributed by atoms with van der Waals surface area (Å²) in [6.07, 6.45) is 4.93. The third-order valence-corrected chi connectivity index (χ3v) is 9.07. The lowest BCUT2D eigenvalue weighted by atomic mass is 9.95. The molecule has 2 unspecified atom stereocenters. The number of carbonyl (C=O) groups is 2. The number of halogens is 1. The molecule has 11 heteroatoms. The third kappa shape index (κ3) is 7.15. The van der Waals surface area contributed by atoms with Gasteiger partial charge in [0.05, 0.1) is 12.8 Å². The number of pyridine rings is 1. The number of aromatic nitrogens is 1. The molecular weight excluding hydrogens is 571 g/mol. The summed E-state index contributed by atoms with van der Waals surface area (Å²) in [5, 5.41) is 8.67. The number of hydrogen-bond acceptors (Lipinski definition) is 6. The number of methoxy groups -OCH3 is 1. The van der Waals surface area contributed by atoms with Crippen molar-refractivity contribution >= 4 is 34.1 Å². The summed E-state index contributed by atoms with van der Waals surface area (Å²) in [6.45, 7) is 4.18. The Morgan fingerprint density at radius 2 is 1.91 bits per heavy atom. The maximum Gasteiger partial charge on any atom is 0.323 e. The maximum atomic E-state index is 14.4. The first-order valence-corrected chi connectivity index (χ1v) is 16.2. The highest BCUT2D eigenvalue weighted by atomic mass is 32.2. The molecule has 0 radical (unpaired) electrons. The Hall–Kier alpha value is -3.99. The van der Waals surface area contributed by atoms with Gasteiger partial charge in [-0.15, -0.1) is 0 Å². The zero-order valence-corrected chi connectivity index (χ0v) is 25.4. The molecule has 43 heavy (non-hydrogen) atoms. The average molecular weight is 609 g/mol. The van der Waals surface area contributed by atoms with Crippen LogP contribution in [-0.4, -0.2) is 46.3 Å². The van der Waals surface area contributed by atoms with E-state index in [9.17, 15) is 18.2 Å². The predicted octanol–water partition coefficient (Wildman–Crippen LogP) is 5.88. The summed E-state index contributed by atoms with van der Waals surface area (Å²) in [4.78, 5) is 30.5. The van der Waals surface area contributed by atoms with Gasteiger partial charge in [-0.1, -0.05) is 13.8 Å². The van der Waals surface area contributed by atoms with Crippen LogP contribution in [0, 0.1) is 5.82 Å². The minimum absolute atomic E-state index is 0.248. The van der Waals surface area contributed by atoms with E-state index >= 15 is 0 Å². The van der Waals surface area contributed by atoms with Gasteiger partial charge in [0.1, 0.15) is 29.1 Å². The van der Waals surface area contributed by atoms with Crippen LogP contribution < -0.4 is 25.4 Å². The lowest BCUT2D eigenvalue weighted by Gasteiger charge is -2.27. The summed E-state index contributed by atoms with van der Waals surface area (Å²) >= 11 is 0. The molecule has 1 aliphatic carbocycles. The zero-order chi connectivity index (χ0) is 30.5. The largest absolute Gasteiger partial charge is 0.495 e. The zero-order valence-electron chi connectivity index (χ0n) is 24.6. The maximum absolute atomic E-state index is 14.4. The molecule has 9 nitrogen and oxygen atoms in total. The molecule has 1 saturated carbocycles. The Morgan fingerprint density at radius 1 is 1.12 bits per heavy atom. The first-order valence-electron chi connectivity index (χ1n) is 14.7. The number of hydrogen-bond donors (Lipinski definition) is 3. The number of carbonyl (C=O) groups excluding carboxylic acids is 2. The van der Waals surface area contributed by atoms with Crippen LogP contribution in [0.25, 0.3) is 0 Å². The standard InChI is InChI=1S/C32H37FN4O5S/c1-4-22-23(19-8-9-19)15-21(31(38)35-13-14-43(40)5-2)16-25(22)36-32(39)37-26-18-28-20(17-29(26)41-3)10-11-27(42-28)30-24(33)7-6-12-34-30/h6-7,12,15-19,27H,4-5,8-11,13-14H2,1-3H3,(H,35,38)(H2,36,37,39). The summed E-state index contributed by atoms with van der Waals surface area (Å²) < 4.78 is 37.9. The first-order chi connectivity index (χ1) is 20.8. The molecule has 2 atom stereocenters. The number of benzene rings is 2. The molecule has 3 aromatic rings. The Bertz CT molecular complexity index is 1540. The van der Waals surface area contributed by atoms with Crippen LogP contribution in [0.2, 0.25) is 0 Å². The van der Waals surface area contributed by atoms with E-state index in [0.717, 1.165) is 29.5 Å². The van der Waals surface area contributed by atoms with E-state index in [1.165, 1.54) is 25.4 Å². The van der Waals surface area contributed by atoms with E-state index in [1.54, 1.807) is 12.1 Å². The molecule has 2 aliphatic rings. The molecule has 2 aromatic carbocycles.